The third-order valence-corrected chi connectivity index (χ3v) is 4.89. The quantitative estimate of drug-likeness (QED) is 0.547. The van der Waals surface area contributed by atoms with Crippen LogP contribution in [0.5, 0.6) is 5.75 Å². The molecule has 0 aromatic heterocycles. The number of phenolic OH excluding ortho intramolecular Hbond substituents is 1. The first-order chi connectivity index (χ1) is 11.7. The molecule has 3 atom stereocenters. The highest BCUT2D eigenvalue weighted by atomic mass is 16.3. The van der Waals surface area contributed by atoms with Gasteiger partial charge in [-0.1, -0.05) is 45.1 Å². The predicted octanol–water partition coefficient (Wildman–Crippen LogP) is 3.21. The molecule has 0 bridgehead atoms. The van der Waals surface area contributed by atoms with Crippen LogP contribution in [0.4, 0.5) is 0 Å². The molecule has 1 amide bonds. The molecule has 1 aliphatic rings. The Morgan fingerprint density at radius 3 is 2.64 bits per heavy atom. The lowest BCUT2D eigenvalue weighted by Gasteiger charge is -2.39. The van der Waals surface area contributed by atoms with Gasteiger partial charge in [0.2, 0.25) is 0 Å². The van der Waals surface area contributed by atoms with E-state index in [4.69, 9.17) is 0 Å². The molecule has 0 saturated carbocycles. The minimum atomic E-state index is -0.424. The van der Waals surface area contributed by atoms with Crippen molar-refractivity contribution in [1.82, 2.24) is 10.9 Å². The summed E-state index contributed by atoms with van der Waals surface area (Å²) in [6.45, 7) is 8.21. The average molecular weight is 344 g/mol. The summed E-state index contributed by atoms with van der Waals surface area (Å²) in [7, 11) is 0. The smallest absolute Gasteiger partial charge is 0.269 e. The minimum absolute atomic E-state index is 0.0179. The Balaban J connectivity index is 1.90. The van der Waals surface area contributed by atoms with E-state index in [0.29, 0.717) is 6.42 Å². The Bertz CT molecular complexity index is 667. The number of hydrazine groups is 1. The van der Waals surface area contributed by atoms with E-state index in [-0.39, 0.29) is 40.4 Å². The number of ketones is 1. The van der Waals surface area contributed by atoms with Crippen LogP contribution in [0.25, 0.3) is 0 Å². The van der Waals surface area contributed by atoms with Crippen LogP contribution in [0.1, 0.15) is 50.9 Å². The number of benzene rings is 1. The second kappa shape index (κ2) is 7.83. The lowest BCUT2D eigenvalue weighted by Crippen LogP contribution is -2.46. The standard InChI is InChI=1S/C20H28N2O3/c1-13-8-7-11-20(3,4)18(13)17(24)12-14(2)21-22-19(25)15-9-5-6-10-16(15)23/h5-10,13-14,18,21,23H,11-12H2,1-4H3,(H,22,25)/t13-,14-,18-/m0/s1. The SMILES string of the molecule is C[C@@H](CC(=O)[C@@H]1[C@@H](C)C=CCC1(C)C)NNC(=O)c1ccccc1O. The van der Waals surface area contributed by atoms with Gasteiger partial charge in [-0.2, -0.15) is 0 Å². The predicted molar refractivity (Wildman–Crippen MR) is 98.0 cm³/mol. The van der Waals surface area contributed by atoms with Gasteiger partial charge in [0.1, 0.15) is 11.5 Å². The fourth-order valence-electron chi connectivity index (χ4n) is 3.67. The van der Waals surface area contributed by atoms with Crippen molar-refractivity contribution >= 4 is 11.7 Å². The Hall–Kier alpha value is -2.14. The number of rotatable bonds is 6. The van der Waals surface area contributed by atoms with E-state index in [2.05, 4.69) is 43.8 Å². The van der Waals surface area contributed by atoms with Crippen molar-refractivity contribution in [2.24, 2.45) is 17.3 Å². The van der Waals surface area contributed by atoms with Gasteiger partial charge >= 0.3 is 0 Å². The van der Waals surface area contributed by atoms with Crippen molar-refractivity contribution in [3.05, 3.63) is 42.0 Å². The van der Waals surface area contributed by atoms with Crippen molar-refractivity contribution < 1.29 is 14.7 Å². The molecule has 3 N–H and O–H groups in total. The summed E-state index contributed by atoms with van der Waals surface area (Å²) in [5.74, 6) is -0.0876. The highest BCUT2D eigenvalue weighted by Gasteiger charge is 2.39. The van der Waals surface area contributed by atoms with Crippen molar-refractivity contribution in [3.8, 4) is 5.75 Å². The van der Waals surface area contributed by atoms with Gasteiger partial charge in [0.25, 0.3) is 5.91 Å². The van der Waals surface area contributed by atoms with E-state index in [0.717, 1.165) is 6.42 Å². The topological polar surface area (TPSA) is 78.4 Å². The van der Waals surface area contributed by atoms with Crippen LogP contribution in [-0.4, -0.2) is 22.8 Å². The third kappa shape index (κ3) is 4.69. The Morgan fingerprint density at radius 2 is 2.00 bits per heavy atom. The normalized spacial score (nSPS) is 23.0. The zero-order valence-electron chi connectivity index (χ0n) is 15.4. The number of para-hydroxylation sites is 1. The number of aromatic hydroxyl groups is 1. The average Bonchev–Trinajstić information content (AvgIpc) is 2.52. The Kier molecular flexibility index (Phi) is 6.01. The van der Waals surface area contributed by atoms with Crippen LogP contribution in [-0.2, 0) is 4.79 Å². The molecule has 0 radical (unpaired) electrons. The van der Waals surface area contributed by atoms with Crippen molar-refractivity contribution in [1.29, 1.82) is 0 Å². The van der Waals surface area contributed by atoms with Gasteiger partial charge in [-0.05, 0) is 36.8 Å². The summed E-state index contributed by atoms with van der Waals surface area (Å²) in [5, 5.41) is 9.70. The largest absolute Gasteiger partial charge is 0.507 e. The second-order valence-electron chi connectivity index (χ2n) is 7.64. The second-order valence-corrected chi connectivity index (χ2v) is 7.64. The third-order valence-electron chi connectivity index (χ3n) is 4.89. The van der Waals surface area contributed by atoms with E-state index in [1.54, 1.807) is 18.2 Å². The molecule has 1 aliphatic carbocycles. The van der Waals surface area contributed by atoms with Crippen molar-refractivity contribution in [3.63, 3.8) is 0 Å². The van der Waals surface area contributed by atoms with E-state index >= 15 is 0 Å². The highest BCUT2D eigenvalue weighted by Crippen LogP contribution is 2.41. The molecule has 1 aromatic carbocycles. The number of Topliss-reactive ketones (excluding diaryl/α,β-unsaturated/α-hetero) is 1. The number of carbonyl (C=O) groups is 2. The zero-order chi connectivity index (χ0) is 18.6. The molecule has 0 fully saturated rings. The van der Waals surface area contributed by atoms with Crippen LogP contribution in [0.2, 0.25) is 0 Å². The molecule has 2 rings (SSSR count). The molecule has 136 valence electrons. The number of allylic oxidation sites excluding steroid dienone is 2. The molecule has 1 aromatic rings. The minimum Gasteiger partial charge on any atom is -0.507 e. The van der Waals surface area contributed by atoms with E-state index in [1.165, 1.54) is 6.07 Å². The maximum absolute atomic E-state index is 12.8. The molecule has 0 saturated heterocycles. The number of hydrogen-bond acceptors (Lipinski definition) is 4. The molecule has 5 heteroatoms. The van der Waals surface area contributed by atoms with Gasteiger partial charge in [-0.25, -0.2) is 5.43 Å². The van der Waals surface area contributed by atoms with Crippen molar-refractivity contribution in [2.45, 2.75) is 46.6 Å². The van der Waals surface area contributed by atoms with Gasteiger partial charge in [-0.3, -0.25) is 15.0 Å². The Labute approximate surface area is 149 Å². The maximum atomic E-state index is 12.8. The summed E-state index contributed by atoms with van der Waals surface area (Å²) in [5.41, 5.74) is 5.58. The van der Waals surface area contributed by atoms with Crippen LogP contribution >= 0.6 is 0 Å². The van der Waals surface area contributed by atoms with E-state index in [1.807, 2.05) is 6.92 Å². The lowest BCUT2D eigenvalue weighted by atomic mass is 9.65. The summed E-state index contributed by atoms with van der Waals surface area (Å²) in [6.07, 6.45) is 5.52. The summed E-state index contributed by atoms with van der Waals surface area (Å²) < 4.78 is 0. The monoisotopic (exact) mass is 344 g/mol. The fraction of sp³-hybridized carbons (Fsp3) is 0.500. The first-order valence-electron chi connectivity index (χ1n) is 8.75. The van der Waals surface area contributed by atoms with Gasteiger partial charge in [0.15, 0.2) is 0 Å². The maximum Gasteiger partial charge on any atom is 0.269 e. The molecule has 0 aliphatic heterocycles. The van der Waals surface area contributed by atoms with Crippen molar-refractivity contribution in [2.75, 3.05) is 0 Å². The van der Waals surface area contributed by atoms with Gasteiger partial charge in [-0.15, -0.1) is 0 Å². The Morgan fingerprint density at radius 1 is 1.32 bits per heavy atom. The number of hydrogen-bond donors (Lipinski definition) is 3. The number of amides is 1. The van der Waals surface area contributed by atoms with Crippen LogP contribution in [0, 0.1) is 17.3 Å². The summed E-state index contributed by atoms with van der Waals surface area (Å²) >= 11 is 0. The van der Waals surface area contributed by atoms with E-state index < -0.39 is 5.91 Å². The number of nitrogens with one attached hydrogen (secondary N) is 2. The van der Waals surface area contributed by atoms with Gasteiger partial charge in [0.05, 0.1) is 5.56 Å². The fourth-order valence-corrected chi connectivity index (χ4v) is 3.67. The summed E-state index contributed by atoms with van der Waals surface area (Å²) in [6, 6.07) is 6.14. The molecule has 25 heavy (non-hydrogen) atoms. The molecule has 5 nitrogen and oxygen atoms in total. The first kappa shape index (κ1) is 19.2. The summed E-state index contributed by atoms with van der Waals surface area (Å²) in [4.78, 5) is 24.9. The zero-order valence-corrected chi connectivity index (χ0v) is 15.4. The number of carbonyl (C=O) groups excluding carboxylic acids is 2. The molecule has 0 spiro atoms. The molecular weight excluding hydrogens is 316 g/mol. The number of phenols is 1. The molecular formula is C20H28N2O3. The van der Waals surface area contributed by atoms with Crippen LogP contribution in [0.3, 0.4) is 0 Å². The molecule has 0 heterocycles. The lowest BCUT2D eigenvalue weighted by molar-refractivity contribution is -0.128. The van der Waals surface area contributed by atoms with E-state index in [9.17, 15) is 14.7 Å². The van der Waals surface area contributed by atoms with Crippen LogP contribution in [0.15, 0.2) is 36.4 Å². The first-order valence-corrected chi connectivity index (χ1v) is 8.75. The van der Waals surface area contributed by atoms with Gasteiger partial charge < -0.3 is 5.11 Å². The molecule has 0 unspecified atom stereocenters. The highest BCUT2D eigenvalue weighted by molar-refractivity contribution is 5.96. The van der Waals surface area contributed by atoms with Crippen LogP contribution < -0.4 is 10.9 Å². The van der Waals surface area contributed by atoms with Gasteiger partial charge in [0, 0.05) is 18.4 Å².